The van der Waals surface area contributed by atoms with Crippen LogP contribution in [0.2, 0.25) is 0 Å². The van der Waals surface area contributed by atoms with Crippen molar-refractivity contribution in [1.29, 1.82) is 0 Å². The number of likely N-dealkylation sites (tertiary alicyclic amines) is 1. The van der Waals surface area contributed by atoms with Gasteiger partial charge in [-0.2, -0.15) is 0 Å². The highest BCUT2D eigenvalue weighted by molar-refractivity contribution is 9.10. The molecule has 1 aliphatic carbocycles. The van der Waals surface area contributed by atoms with Crippen LogP contribution in [0.4, 0.5) is 0 Å². The average molecular weight is 326 g/mol. The molecule has 0 radical (unpaired) electrons. The first kappa shape index (κ1) is 13.2. The number of hydrogen-bond acceptors (Lipinski definition) is 2. The highest BCUT2D eigenvalue weighted by Crippen LogP contribution is 2.38. The summed E-state index contributed by atoms with van der Waals surface area (Å²) in [5.41, 5.74) is 6.56. The van der Waals surface area contributed by atoms with Crippen LogP contribution in [0.1, 0.15) is 42.7 Å². The Hall–Kier alpha value is -0.810. The highest BCUT2D eigenvalue weighted by atomic mass is 79.9. The highest BCUT2D eigenvalue weighted by Gasteiger charge is 2.35. The van der Waals surface area contributed by atoms with E-state index in [2.05, 4.69) is 27.4 Å². The zero-order valence-electron chi connectivity index (χ0n) is 11.2. The lowest BCUT2D eigenvalue weighted by atomic mass is 10.1. The van der Waals surface area contributed by atoms with E-state index < -0.39 is 0 Å². The molecule has 2 aliphatic rings. The number of rotatable bonds is 3. The van der Waals surface area contributed by atoms with Gasteiger partial charge in [-0.3, -0.25) is 4.79 Å². The average Bonchev–Trinajstić information content (AvgIpc) is 3.06. The fourth-order valence-electron chi connectivity index (χ4n) is 3.02. The Morgan fingerprint density at radius 3 is 2.84 bits per heavy atom. The molecule has 2 heterocycles. The molecule has 19 heavy (non-hydrogen) atoms. The summed E-state index contributed by atoms with van der Waals surface area (Å²) in [7, 11) is 0. The van der Waals surface area contributed by atoms with Crippen LogP contribution in [0.5, 0.6) is 0 Å². The van der Waals surface area contributed by atoms with Crippen LogP contribution in [-0.2, 0) is 0 Å². The number of carbonyl (C=O) groups excluding carboxylic acids is 1. The Morgan fingerprint density at radius 1 is 1.53 bits per heavy atom. The molecule has 104 valence electrons. The van der Waals surface area contributed by atoms with E-state index in [9.17, 15) is 4.79 Å². The van der Waals surface area contributed by atoms with Gasteiger partial charge in [-0.1, -0.05) is 0 Å². The number of amides is 1. The van der Waals surface area contributed by atoms with Gasteiger partial charge in [0, 0.05) is 29.3 Å². The number of hydrogen-bond donors (Lipinski definition) is 1. The normalized spacial score (nSPS) is 27.0. The van der Waals surface area contributed by atoms with E-state index in [4.69, 9.17) is 5.73 Å². The molecule has 4 nitrogen and oxygen atoms in total. The monoisotopic (exact) mass is 325 g/mol. The third-order valence-corrected chi connectivity index (χ3v) is 4.66. The van der Waals surface area contributed by atoms with Crippen molar-refractivity contribution in [1.82, 2.24) is 9.47 Å². The molecule has 0 aromatic carbocycles. The van der Waals surface area contributed by atoms with Gasteiger partial charge in [-0.15, -0.1) is 0 Å². The van der Waals surface area contributed by atoms with Gasteiger partial charge in [0.25, 0.3) is 5.91 Å². The van der Waals surface area contributed by atoms with Crippen LogP contribution >= 0.6 is 15.9 Å². The largest absolute Gasteiger partial charge is 0.339 e. The number of aromatic nitrogens is 1. The van der Waals surface area contributed by atoms with E-state index in [1.165, 1.54) is 12.8 Å². The molecule has 2 N–H and O–H groups in total. The fourth-order valence-corrected chi connectivity index (χ4v) is 3.45. The smallest absolute Gasteiger partial charge is 0.270 e. The van der Waals surface area contributed by atoms with Crippen LogP contribution in [0.25, 0.3) is 0 Å². The molecule has 1 saturated heterocycles. The van der Waals surface area contributed by atoms with Gasteiger partial charge in [-0.05, 0) is 60.6 Å². The first-order valence-corrected chi connectivity index (χ1v) is 7.78. The van der Waals surface area contributed by atoms with Crippen molar-refractivity contribution < 1.29 is 4.79 Å². The molecule has 0 spiro atoms. The maximum Gasteiger partial charge on any atom is 0.270 e. The first-order chi connectivity index (χ1) is 9.10. The van der Waals surface area contributed by atoms with Crippen molar-refractivity contribution in [2.45, 2.75) is 38.3 Å². The lowest BCUT2D eigenvalue weighted by Gasteiger charge is -2.22. The molecule has 0 bridgehead atoms. The van der Waals surface area contributed by atoms with Crippen molar-refractivity contribution in [2.75, 3.05) is 13.1 Å². The lowest BCUT2D eigenvalue weighted by molar-refractivity contribution is 0.0732. The van der Waals surface area contributed by atoms with Gasteiger partial charge in [-0.25, -0.2) is 0 Å². The predicted molar refractivity (Wildman–Crippen MR) is 78.1 cm³/mol. The molecule has 1 saturated carbocycles. The molecule has 1 aromatic rings. The molecule has 5 heteroatoms. The van der Waals surface area contributed by atoms with Gasteiger partial charge >= 0.3 is 0 Å². The van der Waals surface area contributed by atoms with Gasteiger partial charge in [0.1, 0.15) is 5.69 Å². The molecule has 1 aliphatic heterocycles. The van der Waals surface area contributed by atoms with Crippen molar-refractivity contribution in [2.24, 2.45) is 11.7 Å². The minimum atomic E-state index is 0.154. The number of carbonyl (C=O) groups is 1. The first-order valence-electron chi connectivity index (χ1n) is 6.98. The molecule has 1 aromatic heterocycles. The number of halogens is 1. The quantitative estimate of drug-likeness (QED) is 0.927. The second-order valence-corrected chi connectivity index (χ2v) is 6.74. The summed E-state index contributed by atoms with van der Waals surface area (Å²) >= 11 is 3.49. The molecular formula is C14H20BrN3O. The van der Waals surface area contributed by atoms with Gasteiger partial charge in [0.2, 0.25) is 0 Å². The summed E-state index contributed by atoms with van der Waals surface area (Å²) in [5.74, 6) is 0.604. The standard InChI is InChI=1S/C14H20BrN3O/c1-9-4-10(6-16)7-17(9)14(19)13-5-11(15)8-18(13)12-2-3-12/h5,8-10,12H,2-4,6-7,16H2,1H3. The third kappa shape index (κ3) is 2.46. The van der Waals surface area contributed by atoms with E-state index in [-0.39, 0.29) is 5.91 Å². The second-order valence-electron chi connectivity index (χ2n) is 5.83. The topological polar surface area (TPSA) is 51.3 Å². The van der Waals surface area contributed by atoms with Crippen molar-refractivity contribution in [3.8, 4) is 0 Å². The maximum atomic E-state index is 12.7. The summed E-state index contributed by atoms with van der Waals surface area (Å²) in [6, 6.07) is 2.76. The minimum Gasteiger partial charge on any atom is -0.339 e. The van der Waals surface area contributed by atoms with Gasteiger partial charge in [0.05, 0.1) is 0 Å². The van der Waals surface area contributed by atoms with E-state index in [0.29, 0.717) is 24.5 Å². The number of nitrogens with two attached hydrogens (primary N) is 1. The Bertz CT molecular complexity index is 495. The van der Waals surface area contributed by atoms with Gasteiger partial charge < -0.3 is 15.2 Å². The summed E-state index contributed by atoms with van der Waals surface area (Å²) in [4.78, 5) is 14.7. The molecule has 2 fully saturated rings. The Kier molecular flexibility index (Phi) is 3.43. The summed E-state index contributed by atoms with van der Waals surface area (Å²) in [6.07, 6.45) is 5.42. The van der Waals surface area contributed by atoms with Crippen LogP contribution in [0, 0.1) is 5.92 Å². The Morgan fingerprint density at radius 2 is 2.26 bits per heavy atom. The molecular weight excluding hydrogens is 306 g/mol. The van der Waals surface area contributed by atoms with Crippen molar-refractivity contribution >= 4 is 21.8 Å². The maximum absolute atomic E-state index is 12.7. The Labute approximate surface area is 122 Å². The van der Waals surface area contributed by atoms with Crippen LogP contribution < -0.4 is 5.73 Å². The van der Waals surface area contributed by atoms with Crippen molar-refractivity contribution in [3.05, 3.63) is 22.4 Å². The molecule has 3 rings (SSSR count). The summed E-state index contributed by atoms with van der Waals surface area (Å²) < 4.78 is 3.12. The molecule has 2 unspecified atom stereocenters. The third-order valence-electron chi connectivity index (χ3n) is 4.23. The van der Waals surface area contributed by atoms with Crippen LogP contribution in [-0.4, -0.2) is 34.5 Å². The SMILES string of the molecule is CC1CC(CN)CN1C(=O)c1cc(Br)cn1C1CC1. The fraction of sp³-hybridized carbons (Fsp3) is 0.643. The van der Waals surface area contributed by atoms with E-state index in [1.54, 1.807) is 0 Å². The molecule has 2 atom stereocenters. The second kappa shape index (κ2) is 4.94. The zero-order valence-corrected chi connectivity index (χ0v) is 12.8. The zero-order chi connectivity index (χ0) is 13.6. The minimum absolute atomic E-state index is 0.154. The van der Waals surface area contributed by atoms with Gasteiger partial charge in [0.15, 0.2) is 0 Å². The van der Waals surface area contributed by atoms with Crippen LogP contribution in [0.15, 0.2) is 16.7 Å². The molecule has 1 amide bonds. The summed E-state index contributed by atoms with van der Waals surface area (Å²) in [5, 5.41) is 0. The van der Waals surface area contributed by atoms with E-state index >= 15 is 0 Å². The number of nitrogens with zero attached hydrogens (tertiary/aromatic N) is 2. The predicted octanol–water partition coefficient (Wildman–Crippen LogP) is 2.39. The summed E-state index contributed by atoms with van der Waals surface area (Å²) in [6.45, 7) is 3.58. The van der Waals surface area contributed by atoms with E-state index in [1.807, 2.05) is 17.2 Å². The Balaban J connectivity index is 1.84. The van der Waals surface area contributed by atoms with E-state index in [0.717, 1.165) is 23.1 Å². The van der Waals surface area contributed by atoms with Crippen LogP contribution in [0.3, 0.4) is 0 Å². The van der Waals surface area contributed by atoms with Crippen molar-refractivity contribution in [3.63, 3.8) is 0 Å². The lowest BCUT2D eigenvalue weighted by Crippen LogP contribution is -2.35.